The van der Waals surface area contributed by atoms with Crippen LogP contribution in [0.2, 0.25) is 0 Å². The zero-order valence-corrected chi connectivity index (χ0v) is 72.9. The van der Waals surface area contributed by atoms with Crippen LogP contribution in [-0.2, 0) is 54.6 Å². The van der Waals surface area contributed by atoms with E-state index in [1.54, 1.807) is 64.9 Å². The molecule has 9 aliphatic rings. The third kappa shape index (κ3) is 25.6. The van der Waals surface area contributed by atoms with Crippen molar-refractivity contribution in [2.75, 3.05) is 129 Å². The average molecular weight is 1780 g/mol. The number of aryl methyl sites for hydroxylation is 3. The van der Waals surface area contributed by atoms with Crippen molar-refractivity contribution in [3.05, 3.63) is 218 Å². The smallest absolute Gasteiger partial charge is 0.415 e. The number of carboxylic acid groups (broad SMARTS) is 1. The third-order valence-corrected chi connectivity index (χ3v) is 25.4. The molecule has 8 aromatic rings. The Kier molecular flexibility index (Phi) is 35.3. The van der Waals surface area contributed by atoms with Gasteiger partial charge in [-0.2, -0.15) is 11.3 Å². The predicted octanol–water partition coefficient (Wildman–Crippen LogP) is 10.2. The maximum absolute atomic E-state index is 14.5. The predicted molar refractivity (Wildman–Crippen MR) is 439 cm³/mol. The molecule has 0 N–H and O–H groups in total. The lowest BCUT2D eigenvalue weighted by Gasteiger charge is -2.52. The van der Waals surface area contributed by atoms with E-state index in [1.807, 2.05) is 129 Å². The van der Waals surface area contributed by atoms with Crippen LogP contribution in [0.15, 0.2) is 166 Å². The van der Waals surface area contributed by atoms with Crippen LogP contribution in [-0.4, -0.2) is 187 Å². The van der Waals surface area contributed by atoms with Crippen molar-refractivity contribution in [3.63, 3.8) is 0 Å². The highest BCUT2D eigenvalue weighted by molar-refractivity contribution is 7.10. The summed E-state index contributed by atoms with van der Waals surface area (Å²) < 4.78 is 82.6. The van der Waals surface area contributed by atoms with Crippen molar-refractivity contribution in [2.45, 2.75) is 130 Å². The highest BCUT2D eigenvalue weighted by Gasteiger charge is 2.51. The number of unbranched alkanes of at least 4 members (excludes halogenated alkanes) is 1. The maximum atomic E-state index is 14.5. The van der Waals surface area contributed by atoms with Crippen molar-refractivity contribution in [1.82, 2.24) is 4.90 Å². The number of carbonyl (C=O) groups is 5. The number of benzene rings is 5. The van der Waals surface area contributed by atoms with Crippen molar-refractivity contribution < 1.29 is 128 Å². The third-order valence-electron chi connectivity index (χ3n) is 23.7. The molecule has 9 aliphatic heterocycles. The molecule has 0 unspecified atom stereocenters. The average Bonchev–Trinajstić information content (AvgIpc) is 1.33. The summed E-state index contributed by atoms with van der Waals surface area (Å²) >= 11 is 3.19. The number of anilines is 2. The molecular weight excluding hydrogens is 1670 g/mol. The van der Waals surface area contributed by atoms with Gasteiger partial charge in [-0.25, -0.2) is 23.2 Å². The van der Waals surface area contributed by atoms with Gasteiger partial charge in [0.05, 0.1) is 111 Å². The van der Waals surface area contributed by atoms with Gasteiger partial charge in [-0.15, -0.1) is 11.3 Å². The standard InChI is InChI=1S/C31H45N2O7.C29H34FN2O3S.C29H32FN2O3S.CH2O2.2BrH/c1-5-38-30(34)8-6-7-17-33-18-14-25(15-19-33)29(22-33)40-31(35)32(21-26-11-9-23(2)39-26)16-13-24-10-12-27(36-3)28(20-24)37-4;1-21-12-17-36-28(21)19-31(26-9-8-24(30)18-22(26)2)29(33)35-27-20-32(13-10-23(27)11-14-32)15-16-34-25-6-4-3-5-7-25;1-34-27-10-9-25(18-26(27)30)31(19-23-13-17-36-21-23)29(33)35-28-20-32(15-11-24(28)12-16-32)14-5-8-22-6-3-2-4-7-22;2-1-3;;/h9-12,20,25,29H,5-8,13-19,21-22H2,1-4H3;3-9,12,17-18,23,27H,10-11,13-16,19-20H2,1-2H3;2-10,13,17-18,21,24,28H,11-12,14-16,19-20H2,1H3;1H,(H,2,3);2*1H/q3*+1;;;/p-3/t25?,29-,33?;23?,27-,32?;24?,28-,32?;;;/m100.../s1. The summed E-state index contributed by atoms with van der Waals surface area (Å²) in [7, 11) is 4.66. The number of ether oxygens (including phenoxy) is 8. The number of carbonyl (C=O) groups excluding carboxylic acids is 5. The second-order valence-corrected chi connectivity index (χ2v) is 32.9. The Labute approximate surface area is 716 Å². The molecule has 3 aromatic heterocycles. The molecule has 0 saturated carbocycles. The second kappa shape index (κ2) is 44.8. The molecule has 21 nitrogen and oxygen atoms in total. The van der Waals surface area contributed by atoms with Crippen molar-refractivity contribution in [1.29, 1.82) is 0 Å². The van der Waals surface area contributed by atoms with Gasteiger partial charge in [-0.3, -0.25) is 14.6 Å². The molecule has 27 heteroatoms. The minimum absolute atomic E-state index is 0. The number of rotatable bonds is 30. The first kappa shape index (κ1) is 92.1. The quantitative estimate of drug-likeness (QED) is 0.0135. The highest BCUT2D eigenvalue weighted by atomic mass is 79.9. The zero-order chi connectivity index (χ0) is 81.3. The fourth-order valence-corrected chi connectivity index (χ4v) is 18.7. The molecule has 117 heavy (non-hydrogen) atoms. The number of fused-ring (bicyclic) bond motifs is 9. The SMILES string of the molecule is CCOC(=O)CCCC[N+]12CCC(CC1)[C@H](OC(=O)N(CCc1ccc(OC)c(OC)c1)Cc1ccc(C)o1)C2.COc1ccc(N(Cc2ccsc2)C(=O)O[C@H]2C[N+]3(CC=Cc4ccccc4)CCC2CC3)cc1F.Cc1cc(F)ccc1N(Cc1sccc1C)C(=O)O[C@H]1C[N+]2(CCOc3ccccc3)CCC1CC2.O=C[O-].[Br-].[Br-]. The van der Waals surface area contributed by atoms with E-state index in [4.69, 9.17) is 52.2 Å². The van der Waals surface area contributed by atoms with Gasteiger partial charge in [0, 0.05) is 86.7 Å². The van der Waals surface area contributed by atoms with Crippen molar-refractivity contribution >= 4 is 70.8 Å². The summed E-state index contributed by atoms with van der Waals surface area (Å²) in [6, 6.07) is 43.1. The second-order valence-electron chi connectivity index (χ2n) is 31.1. The normalized spacial score (nSPS) is 21.6. The van der Waals surface area contributed by atoms with Crippen LogP contribution in [0, 0.1) is 50.2 Å². The summed E-state index contributed by atoms with van der Waals surface area (Å²) in [6.45, 7) is 21.8. The monoisotopic (exact) mass is 1780 g/mol. The highest BCUT2D eigenvalue weighted by Crippen LogP contribution is 2.41. The number of quaternary nitrogens is 3. The number of esters is 1. The molecule has 632 valence electrons. The van der Waals surface area contributed by atoms with Crippen LogP contribution in [0.25, 0.3) is 6.08 Å². The number of amides is 3. The van der Waals surface area contributed by atoms with Gasteiger partial charge in [0.2, 0.25) is 0 Å². The number of furan rings is 1. The van der Waals surface area contributed by atoms with Crippen molar-refractivity contribution in [2.24, 2.45) is 17.8 Å². The number of halogens is 4. The summed E-state index contributed by atoms with van der Waals surface area (Å²) in [4.78, 5) is 66.8. The van der Waals surface area contributed by atoms with E-state index in [-0.39, 0.29) is 82.0 Å². The number of piperidine rings is 9. The Hall–Kier alpha value is -8.83. The molecule has 9 saturated heterocycles. The number of nitrogens with zero attached hydrogens (tertiary/aromatic N) is 6. The lowest BCUT2D eigenvalue weighted by atomic mass is 9.83. The summed E-state index contributed by atoms with van der Waals surface area (Å²) in [5.41, 5.74) is 6.23. The van der Waals surface area contributed by atoms with Gasteiger partial charge < -0.3 is 105 Å². The Morgan fingerprint density at radius 1 is 0.598 bits per heavy atom. The first-order chi connectivity index (χ1) is 55.7. The lowest BCUT2D eigenvalue weighted by Crippen LogP contribution is -3.00. The molecular formula is C90H112Br2F2N6O15S2. The number of para-hydroxylation sites is 1. The maximum Gasteiger partial charge on any atom is 0.415 e. The van der Waals surface area contributed by atoms with E-state index < -0.39 is 18.4 Å². The number of thiophene rings is 2. The fraction of sp³-hybridized carbons (Fsp3) is 0.456. The van der Waals surface area contributed by atoms with Gasteiger partial charge in [0.25, 0.3) is 0 Å². The van der Waals surface area contributed by atoms with E-state index >= 15 is 0 Å². The minimum atomic E-state index is -0.504. The van der Waals surface area contributed by atoms with Crippen LogP contribution in [0.3, 0.4) is 0 Å². The van der Waals surface area contributed by atoms with Gasteiger partial charge in [0.15, 0.2) is 41.4 Å². The van der Waals surface area contributed by atoms with Crippen LogP contribution in [0.5, 0.6) is 23.0 Å². The van der Waals surface area contributed by atoms with Crippen molar-refractivity contribution in [3.8, 4) is 23.0 Å². The molecule has 9 fully saturated rings. The van der Waals surface area contributed by atoms with E-state index in [0.29, 0.717) is 92.9 Å². The number of methoxy groups -OCH3 is 3. The van der Waals surface area contributed by atoms with Gasteiger partial charge in [0.1, 0.15) is 55.9 Å². The largest absolute Gasteiger partial charge is 1.00 e. The van der Waals surface area contributed by atoms with Crippen LogP contribution >= 0.6 is 22.7 Å². The first-order valence-corrected chi connectivity index (χ1v) is 42.0. The molecule has 3 amide bonds. The van der Waals surface area contributed by atoms with Gasteiger partial charge >= 0.3 is 24.2 Å². The fourth-order valence-electron chi connectivity index (χ4n) is 17.2. The molecule has 0 radical (unpaired) electrons. The van der Waals surface area contributed by atoms with E-state index in [9.17, 15) is 28.0 Å². The number of hydrogen-bond acceptors (Lipinski definition) is 17. The van der Waals surface area contributed by atoms with Crippen LogP contribution in [0.4, 0.5) is 34.5 Å². The van der Waals surface area contributed by atoms with Crippen LogP contribution < -0.4 is 67.8 Å². The summed E-state index contributed by atoms with van der Waals surface area (Å²) in [5, 5.41) is 14.2. The van der Waals surface area contributed by atoms with E-state index in [2.05, 4.69) is 30.4 Å². The molecule has 6 bridgehead atoms. The molecule has 0 aliphatic carbocycles. The van der Waals surface area contributed by atoms with E-state index in [0.717, 1.165) is 188 Å². The Morgan fingerprint density at radius 3 is 1.77 bits per heavy atom. The van der Waals surface area contributed by atoms with Gasteiger partial charge in [-0.05, 0) is 176 Å². The Morgan fingerprint density at radius 2 is 1.20 bits per heavy atom. The molecule has 3 atom stereocenters. The lowest BCUT2D eigenvalue weighted by molar-refractivity contribution is -0.946. The molecule has 17 rings (SSSR count). The van der Waals surface area contributed by atoms with Gasteiger partial charge in [-0.1, -0.05) is 60.7 Å². The van der Waals surface area contributed by atoms with E-state index in [1.165, 1.54) is 35.8 Å². The summed E-state index contributed by atoms with van der Waals surface area (Å²) in [6.07, 6.45) is 12.3. The summed E-state index contributed by atoms with van der Waals surface area (Å²) in [5.74, 6) is 4.17. The topological polar surface area (TPSA) is 205 Å². The minimum Gasteiger partial charge on any atom is -1.00 e. The Balaban J connectivity index is 0.000000195. The molecule has 12 heterocycles. The van der Waals surface area contributed by atoms with Crippen LogP contribution in [0.1, 0.15) is 109 Å². The molecule has 5 aromatic carbocycles. The number of hydrogen-bond donors (Lipinski definition) is 0. The Bertz CT molecular complexity index is 4460. The first-order valence-electron chi connectivity index (χ1n) is 40.2. The molecule has 0 spiro atoms. The zero-order valence-electron chi connectivity index (χ0n) is 68.1.